The molecule has 2 heteroatoms. The van der Waals surface area contributed by atoms with Crippen molar-refractivity contribution in [2.75, 3.05) is 26.2 Å². The molecule has 0 heterocycles. The van der Waals surface area contributed by atoms with Gasteiger partial charge in [0.25, 0.3) is 0 Å². The molecule has 2 nitrogen and oxygen atoms in total. The molecule has 1 atom stereocenters. The third-order valence-electron chi connectivity index (χ3n) is 4.46. The molecule has 0 aliphatic heterocycles. The van der Waals surface area contributed by atoms with Crippen LogP contribution in [-0.2, 0) is 0 Å². The normalized spacial score (nSPS) is 19.1. The third kappa shape index (κ3) is 7.08. The Morgan fingerprint density at radius 2 is 1.85 bits per heavy atom. The fourth-order valence-electron chi connectivity index (χ4n) is 3.07. The van der Waals surface area contributed by atoms with Gasteiger partial charge in [0.2, 0.25) is 0 Å². The first-order chi connectivity index (χ1) is 9.36. The van der Waals surface area contributed by atoms with Crippen LogP contribution in [0.4, 0.5) is 0 Å². The maximum Gasteiger partial charge on any atom is 0.00503 e. The van der Waals surface area contributed by atoms with E-state index in [1.165, 1.54) is 38.8 Å². The van der Waals surface area contributed by atoms with E-state index in [1.807, 2.05) is 0 Å². The molecule has 0 aromatic rings. The van der Waals surface area contributed by atoms with Gasteiger partial charge in [0.1, 0.15) is 0 Å². The molecule has 1 unspecified atom stereocenters. The quantitative estimate of drug-likeness (QED) is 0.612. The molecule has 1 saturated carbocycles. The molecule has 1 N–H and O–H groups in total. The van der Waals surface area contributed by atoms with Crippen LogP contribution in [0.2, 0.25) is 0 Å². The summed E-state index contributed by atoms with van der Waals surface area (Å²) < 4.78 is 0. The average Bonchev–Trinajstić information content (AvgIpc) is 3.11. The highest BCUT2D eigenvalue weighted by Gasteiger charge is 2.31. The van der Waals surface area contributed by atoms with E-state index in [0.717, 1.165) is 24.9 Å². The van der Waals surface area contributed by atoms with Crippen molar-refractivity contribution in [2.45, 2.75) is 73.3 Å². The number of nitrogens with zero attached hydrogens (tertiary/aromatic N) is 1. The summed E-state index contributed by atoms with van der Waals surface area (Å²) in [4.78, 5) is 2.73. The van der Waals surface area contributed by atoms with Crippen molar-refractivity contribution in [3.8, 4) is 0 Å². The summed E-state index contributed by atoms with van der Waals surface area (Å²) in [5.74, 6) is 1.74. The molecule has 0 saturated heterocycles. The highest BCUT2D eigenvalue weighted by molar-refractivity contribution is 4.85. The van der Waals surface area contributed by atoms with E-state index in [2.05, 4.69) is 51.8 Å². The monoisotopic (exact) mass is 282 g/mol. The van der Waals surface area contributed by atoms with Crippen LogP contribution in [0, 0.1) is 17.3 Å². The summed E-state index contributed by atoms with van der Waals surface area (Å²) in [6.07, 6.45) is 5.53. The molecule has 0 aromatic heterocycles. The topological polar surface area (TPSA) is 15.3 Å². The molecular formula is C18H38N2. The van der Waals surface area contributed by atoms with Crippen molar-refractivity contribution in [2.24, 2.45) is 17.3 Å². The summed E-state index contributed by atoms with van der Waals surface area (Å²) in [6, 6.07) is 0.678. The molecule has 120 valence electrons. The van der Waals surface area contributed by atoms with Gasteiger partial charge >= 0.3 is 0 Å². The highest BCUT2D eigenvalue weighted by atomic mass is 15.2. The standard InChI is InChI=1S/C18H38N2/c1-7-10-18(6,13-19-11-15(2)3)14-20(16(4)5)12-17-8-9-17/h15-17,19H,7-14H2,1-6H3. The predicted octanol–water partition coefficient (Wildman–Crippen LogP) is 4.16. The Balaban J connectivity index is 2.51. The second kappa shape index (κ2) is 8.38. The Morgan fingerprint density at radius 3 is 2.30 bits per heavy atom. The Bertz CT molecular complexity index is 258. The van der Waals surface area contributed by atoms with Crippen LogP contribution in [0.1, 0.15) is 67.2 Å². The van der Waals surface area contributed by atoms with E-state index in [-0.39, 0.29) is 0 Å². The maximum absolute atomic E-state index is 3.70. The van der Waals surface area contributed by atoms with E-state index in [1.54, 1.807) is 0 Å². The summed E-state index contributed by atoms with van der Waals surface area (Å²) >= 11 is 0. The molecule has 0 amide bonds. The molecule has 1 aliphatic rings. The third-order valence-corrected chi connectivity index (χ3v) is 4.46. The average molecular weight is 283 g/mol. The minimum atomic E-state index is 0.419. The molecule has 20 heavy (non-hydrogen) atoms. The van der Waals surface area contributed by atoms with Gasteiger partial charge < -0.3 is 10.2 Å². The minimum Gasteiger partial charge on any atom is -0.316 e. The Morgan fingerprint density at radius 1 is 1.20 bits per heavy atom. The lowest BCUT2D eigenvalue weighted by atomic mass is 9.84. The van der Waals surface area contributed by atoms with E-state index >= 15 is 0 Å². The van der Waals surface area contributed by atoms with Crippen LogP contribution < -0.4 is 5.32 Å². The zero-order valence-electron chi connectivity index (χ0n) is 14.8. The van der Waals surface area contributed by atoms with Crippen molar-refractivity contribution in [1.82, 2.24) is 10.2 Å². The molecule has 0 radical (unpaired) electrons. The molecule has 1 aliphatic carbocycles. The largest absolute Gasteiger partial charge is 0.316 e. The van der Waals surface area contributed by atoms with Gasteiger partial charge in [-0.1, -0.05) is 34.1 Å². The van der Waals surface area contributed by atoms with Crippen LogP contribution in [0.15, 0.2) is 0 Å². The zero-order chi connectivity index (χ0) is 15.2. The fourth-order valence-corrected chi connectivity index (χ4v) is 3.07. The lowest BCUT2D eigenvalue weighted by Gasteiger charge is -2.38. The summed E-state index contributed by atoms with van der Waals surface area (Å²) in [5.41, 5.74) is 0.419. The molecule has 0 bridgehead atoms. The molecular weight excluding hydrogens is 244 g/mol. The number of rotatable bonds is 11. The van der Waals surface area contributed by atoms with Crippen LogP contribution in [0.3, 0.4) is 0 Å². The van der Waals surface area contributed by atoms with Gasteiger partial charge in [0.15, 0.2) is 0 Å². The van der Waals surface area contributed by atoms with Gasteiger partial charge in [-0.2, -0.15) is 0 Å². The number of hydrogen-bond acceptors (Lipinski definition) is 2. The molecule has 1 fully saturated rings. The maximum atomic E-state index is 3.70. The van der Waals surface area contributed by atoms with Crippen molar-refractivity contribution < 1.29 is 0 Å². The molecule has 0 spiro atoms. The fraction of sp³-hybridized carbons (Fsp3) is 1.00. The lowest BCUT2D eigenvalue weighted by molar-refractivity contribution is 0.117. The van der Waals surface area contributed by atoms with E-state index < -0.39 is 0 Å². The van der Waals surface area contributed by atoms with Crippen molar-refractivity contribution >= 4 is 0 Å². The first-order valence-electron chi connectivity index (χ1n) is 8.81. The number of hydrogen-bond donors (Lipinski definition) is 1. The molecule has 0 aromatic carbocycles. The van der Waals surface area contributed by atoms with Crippen LogP contribution >= 0.6 is 0 Å². The van der Waals surface area contributed by atoms with Gasteiger partial charge in [-0.25, -0.2) is 0 Å². The SMILES string of the molecule is CCCC(C)(CNCC(C)C)CN(CC1CC1)C(C)C. The summed E-state index contributed by atoms with van der Waals surface area (Å²) in [5, 5.41) is 3.70. The minimum absolute atomic E-state index is 0.419. The highest BCUT2D eigenvalue weighted by Crippen LogP contribution is 2.32. The Hall–Kier alpha value is -0.0800. The van der Waals surface area contributed by atoms with Crippen molar-refractivity contribution in [3.63, 3.8) is 0 Å². The van der Waals surface area contributed by atoms with Crippen molar-refractivity contribution in [1.29, 1.82) is 0 Å². The van der Waals surface area contributed by atoms with Crippen LogP contribution in [0.25, 0.3) is 0 Å². The van der Waals surface area contributed by atoms with E-state index in [0.29, 0.717) is 11.5 Å². The van der Waals surface area contributed by atoms with Crippen molar-refractivity contribution in [3.05, 3.63) is 0 Å². The van der Waals surface area contributed by atoms with Gasteiger partial charge in [-0.3, -0.25) is 0 Å². The second-order valence-electron chi connectivity index (χ2n) is 8.05. The number of nitrogens with one attached hydrogen (secondary N) is 1. The first kappa shape index (κ1) is 18.0. The van der Waals surface area contributed by atoms with Crippen LogP contribution in [-0.4, -0.2) is 37.1 Å². The van der Waals surface area contributed by atoms with Gasteiger partial charge in [0, 0.05) is 25.7 Å². The van der Waals surface area contributed by atoms with Gasteiger partial charge in [-0.05, 0) is 56.9 Å². The predicted molar refractivity (Wildman–Crippen MR) is 90.2 cm³/mol. The first-order valence-corrected chi connectivity index (χ1v) is 8.81. The lowest BCUT2D eigenvalue weighted by Crippen LogP contribution is -2.46. The van der Waals surface area contributed by atoms with E-state index in [9.17, 15) is 0 Å². The summed E-state index contributed by atoms with van der Waals surface area (Å²) in [6.45, 7) is 19.0. The van der Waals surface area contributed by atoms with Gasteiger partial charge in [0.05, 0.1) is 0 Å². The Labute approximate surface area is 127 Å². The zero-order valence-corrected chi connectivity index (χ0v) is 14.8. The molecule has 1 rings (SSSR count). The second-order valence-corrected chi connectivity index (χ2v) is 8.05. The van der Waals surface area contributed by atoms with E-state index in [4.69, 9.17) is 0 Å². The van der Waals surface area contributed by atoms with Crippen LogP contribution in [0.5, 0.6) is 0 Å². The summed E-state index contributed by atoms with van der Waals surface area (Å²) in [7, 11) is 0. The van der Waals surface area contributed by atoms with Gasteiger partial charge in [-0.15, -0.1) is 0 Å². The Kier molecular flexibility index (Phi) is 7.53. The smallest absolute Gasteiger partial charge is 0.00503 e.